The summed E-state index contributed by atoms with van der Waals surface area (Å²) in [5.74, 6) is -1.09. The van der Waals surface area contributed by atoms with Crippen LogP contribution in [0.3, 0.4) is 0 Å². The molecule has 0 aliphatic heterocycles. The number of pyridine rings is 1. The fraction of sp³-hybridized carbons (Fsp3) is 0.118. The van der Waals surface area contributed by atoms with Gasteiger partial charge in [-0.3, -0.25) is 19.8 Å². The summed E-state index contributed by atoms with van der Waals surface area (Å²) in [6.45, 7) is 0.543. The Hall–Kier alpha value is -3.01. The molecule has 3 rings (SSSR count). The molecule has 2 heterocycles. The van der Waals surface area contributed by atoms with Crippen LogP contribution in [0.15, 0.2) is 48.7 Å². The molecule has 0 saturated heterocycles. The highest BCUT2D eigenvalue weighted by molar-refractivity contribution is 5.87. The van der Waals surface area contributed by atoms with Gasteiger partial charge in [0.2, 0.25) is 0 Å². The van der Waals surface area contributed by atoms with Crippen LogP contribution in [0.4, 0.5) is 5.69 Å². The SMILES string of the molecule is Cl.Cl.NCCn1nc(-c2ccnc(-c3cccc([N+](=O)[O-])c3)c2)cc1C(=O)O. The first-order chi connectivity index (χ1) is 12.5. The molecule has 0 saturated carbocycles. The highest BCUT2D eigenvalue weighted by atomic mass is 35.5. The summed E-state index contributed by atoms with van der Waals surface area (Å²) in [5.41, 5.74) is 7.73. The monoisotopic (exact) mass is 425 g/mol. The van der Waals surface area contributed by atoms with Gasteiger partial charge in [-0.15, -0.1) is 24.8 Å². The summed E-state index contributed by atoms with van der Waals surface area (Å²) in [4.78, 5) is 26.1. The molecule has 0 radical (unpaired) electrons. The molecule has 0 unspecified atom stereocenters. The molecule has 148 valence electrons. The van der Waals surface area contributed by atoms with Crippen LogP contribution in [-0.2, 0) is 6.54 Å². The highest BCUT2D eigenvalue weighted by Crippen LogP contribution is 2.26. The molecule has 28 heavy (non-hydrogen) atoms. The van der Waals surface area contributed by atoms with Crippen LogP contribution in [-0.4, -0.2) is 37.3 Å². The second-order valence-corrected chi connectivity index (χ2v) is 5.47. The fourth-order valence-corrected chi connectivity index (χ4v) is 2.55. The van der Waals surface area contributed by atoms with Crippen molar-refractivity contribution in [3.63, 3.8) is 0 Å². The Morgan fingerprint density at radius 3 is 2.50 bits per heavy atom. The number of nitro groups is 1. The van der Waals surface area contributed by atoms with Gasteiger partial charge in [-0.2, -0.15) is 5.10 Å². The fourth-order valence-electron chi connectivity index (χ4n) is 2.55. The minimum absolute atomic E-state index is 0. The maximum atomic E-state index is 11.4. The molecule has 3 N–H and O–H groups in total. The minimum atomic E-state index is -1.09. The first kappa shape index (κ1) is 23.0. The number of carbonyl (C=O) groups is 1. The lowest BCUT2D eigenvalue weighted by atomic mass is 10.1. The molecule has 0 aliphatic rings. The summed E-state index contributed by atoms with van der Waals surface area (Å²) in [7, 11) is 0. The summed E-state index contributed by atoms with van der Waals surface area (Å²) < 4.78 is 1.34. The molecule has 0 aliphatic carbocycles. The van der Waals surface area contributed by atoms with Crippen LogP contribution < -0.4 is 5.73 Å². The van der Waals surface area contributed by atoms with Crippen LogP contribution in [0.2, 0.25) is 0 Å². The average molecular weight is 426 g/mol. The third kappa shape index (κ3) is 4.83. The average Bonchev–Trinajstić information content (AvgIpc) is 3.07. The summed E-state index contributed by atoms with van der Waals surface area (Å²) in [6, 6.07) is 11.0. The predicted molar refractivity (Wildman–Crippen MR) is 108 cm³/mol. The zero-order chi connectivity index (χ0) is 18.7. The van der Waals surface area contributed by atoms with Crippen molar-refractivity contribution in [1.82, 2.24) is 14.8 Å². The van der Waals surface area contributed by atoms with Crippen molar-refractivity contribution in [2.24, 2.45) is 5.73 Å². The maximum Gasteiger partial charge on any atom is 0.354 e. The van der Waals surface area contributed by atoms with Crippen LogP contribution in [0.5, 0.6) is 0 Å². The largest absolute Gasteiger partial charge is 0.477 e. The Kier molecular flexibility index (Phi) is 8.05. The normalized spacial score (nSPS) is 9.89. The van der Waals surface area contributed by atoms with E-state index in [1.54, 1.807) is 30.5 Å². The van der Waals surface area contributed by atoms with E-state index >= 15 is 0 Å². The third-order valence-electron chi connectivity index (χ3n) is 3.75. The first-order valence-electron chi connectivity index (χ1n) is 7.72. The number of non-ortho nitro benzene ring substituents is 1. The topological polar surface area (TPSA) is 137 Å². The molecular formula is C17H17Cl2N5O4. The Bertz CT molecular complexity index is 993. The number of hydrogen-bond acceptors (Lipinski definition) is 6. The van der Waals surface area contributed by atoms with Gasteiger partial charge in [-0.05, 0) is 18.2 Å². The number of nitrogens with zero attached hydrogens (tertiary/aromatic N) is 4. The zero-order valence-electron chi connectivity index (χ0n) is 14.4. The highest BCUT2D eigenvalue weighted by Gasteiger charge is 2.16. The summed E-state index contributed by atoms with van der Waals surface area (Å²) >= 11 is 0. The van der Waals surface area contributed by atoms with Gasteiger partial charge < -0.3 is 10.8 Å². The Balaban J connectivity index is 0.00000196. The van der Waals surface area contributed by atoms with Gasteiger partial charge in [0, 0.05) is 36.0 Å². The molecular weight excluding hydrogens is 409 g/mol. The van der Waals surface area contributed by atoms with E-state index in [0.29, 0.717) is 22.5 Å². The van der Waals surface area contributed by atoms with E-state index in [2.05, 4.69) is 10.1 Å². The standard InChI is InChI=1S/C17H15N5O4.2ClH/c18-5-7-21-16(17(23)24)10-15(20-21)12-4-6-19-14(9-12)11-2-1-3-13(8-11)22(25)26;;/h1-4,6,8-10H,5,7,18H2,(H,23,24);2*1H. The number of aromatic carboxylic acids is 1. The Morgan fingerprint density at radius 2 is 1.86 bits per heavy atom. The van der Waals surface area contributed by atoms with Gasteiger partial charge in [-0.25, -0.2) is 4.79 Å². The van der Waals surface area contributed by atoms with Crippen LogP contribution in [0, 0.1) is 10.1 Å². The van der Waals surface area contributed by atoms with Crippen molar-refractivity contribution in [2.75, 3.05) is 6.54 Å². The summed E-state index contributed by atoms with van der Waals surface area (Å²) in [5, 5.41) is 24.5. The van der Waals surface area contributed by atoms with Gasteiger partial charge in [0.05, 0.1) is 22.9 Å². The van der Waals surface area contributed by atoms with E-state index in [1.807, 2.05) is 0 Å². The Labute approximate surface area is 172 Å². The van der Waals surface area contributed by atoms with Crippen LogP contribution in [0.1, 0.15) is 10.5 Å². The summed E-state index contributed by atoms with van der Waals surface area (Å²) in [6.07, 6.45) is 1.55. The molecule has 3 aromatic rings. The van der Waals surface area contributed by atoms with E-state index in [1.165, 1.54) is 22.9 Å². The van der Waals surface area contributed by atoms with E-state index < -0.39 is 10.9 Å². The lowest BCUT2D eigenvalue weighted by molar-refractivity contribution is -0.384. The first-order valence-corrected chi connectivity index (χ1v) is 7.72. The molecule has 0 spiro atoms. The van der Waals surface area contributed by atoms with Crippen molar-refractivity contribution in [2.45, 2.75) is 6.54 Å². The molecule has 1 aromatic carbocycles. The van der Waals surface area contributed by atoms with E-state index in [4.69, 9.17) is 5.73 Å². The van der Waals surface area contributed by atoms with Crippen molar-refractivity contribution < 1.29 is 14.8 Å². The number of hydrogen-bond donors (Lipinski definition) is 2. The number of nitro benzene ring substituents is 1. The molecule has 0 atom stereocenters. The third-order valence-corrected chi connectivity index (χ3v) is 3.75. The quantitative estimate of drug-likeness (QED) is 0.457. The molecule has 2 aromatic heterocycles. The van der Waals surface area contributed by atoms with Crippen molar-refractivity contribution in [3.8, 4) is 22.5 Å². The Morgan fingerprint density at radius 1 is 1.14 bits per heavy atom. The maximum absolute atomic E-state index is 11.4. The number of carboxylic acids is 1. The van der Waals surface area contributed by atoms with Crippen molar-refractivity contribution >= 4 is 36.5 Å². The minimum Gasteiger partial charge on any atom is -0.477 e. The second kappa shape index (κ2) is 9.79. The lowest BCUT2D eigenvalue weighted by Gasteiger charge is -2.03. The van der Waals surface area contributed by atoms with Gasteiger partial charge in [-0.1, -0.05) is 12.1 Å². The number of rotatable bonds is 6. The van der Waals surface area contributed by atoms with Crippen molar-refractivity contribution in [1.29, 1.82) is 0 Å². The number of benzene rings is 1. The molecule has 0 fully saturated rings. The molecule has 11 heteroatoms. The van der Waals surface area contributed by atoms with Gasteiger partial charge in [0.15, 0.2) is 0 Å². The van der Waals surface area contributed by atoms with E-state index in [-0.39, 0.29) is 49.3 Å². The van der Waals surface area contributed by atoms with Gasteiger partial charge >= 0.3 is 5.97 Å². The number of halogens is 2. The molecule has 0 bridgehead atoms. The second-order valence-electron chi connectivity index (χ2n) is 5.47. The molecule has 9 nitrogen and oxygen atoms in total. The number of carboxylic acid groups (broad SMARTS) is 1. The smallest absolute Gasteiger partial charge is 0.354 e. The number of aromatic nitrogens is 3. The van der Waals surface area contributed by atoms with Gasteiger partial charge in [0.25, 0.3) is 5.69 Å². The van der Waals surface area contributed by atoms with Crippen LogP contribution in [0.25, 0.3) is 22.5 Å². The lowest BCUT2D eigenvalue weighted by Crippen LogP contribution is -2.16. The molecule has 0 amide bonds. The van der Waals surface area contributed by atoms with Crippen LogP contribution >= 0.6 is 24.8 Å². The van der Waals surface area contributed by atoms with Crippen molar-refractivity contribution in [3.05, 3.63) is 64.5 Å². The van der Waals surface area contributed by atoms with E-state index in [9.17, 15) is 20.0 Å². The zero-order valence-corrected chi connectivity index (χ0v) is 16.0. The van der Waals surface area contributed by atoms with E-state index in [0.717, 1.165) is 0 Å². The predicted octanol–water partition coefficient (Wildman–Crippen LogP) is 3.02. The number of nitrogens with two attached hydrogens (primary N) is 1. The van der Waals surface area contributed by atoms with Gasteiger partial charge in [0.1, 0.15) is 5.69 Å².